The zero-order valence-corrected chi connectivity index (χ0v) is 11.3. The van der Waals surface area contributed by atoms with Crippen LogP contribution in [0, 0.1) is 0 Å². The minimum absolute atomic E-state index is 0.00662. The molecule has 0 heterocycles. The molecule has 0 aliphatic heterocycles. The fraction of sp³-hybridized carbons (Fsp3) is 0.312. The average molecular weight is 257 g/mol. The van der Waals surface area contributed by atoms with E-state index in [0.29, 0.717) is 6.42 Å². The standard InChI is InChI=1S/C16H19NO2/c1-3-15(16(18)19)17-11(2)13-10-6-8-12-7-4-5-9-14(12)13/h4-11,15,17H,3H2,1-2H3,(H,18,19). The number of rotatable bonds is 5. The van der Waals surface area contributed by atoms with E-state index in [4.69, 9.17) is 5.11 Å². The summed E-state index contributed by atoms with van der Waals surface area (Å²) < 4.78 is 0. The normalized spacial score (nSPS) is 14.2. The molecule has 0 bridgehead atoms. The molecule has 0 aliphatic rings. The molecule has 3 heteroatoms. The first kappa shape index (κ1) is 13.6. The Labute approximate surface area is 113 Å². The number of carbonyl (C=O) groups is 1. The Bertz CT molecular complexity index is 574. The van der Waals surface area contributed by atoms with Gasteiger partial charge in [0.05, 0.1) is 0 Å². The third kappa shape index (κ3) is 2.93. The van der Waals surface area contributed by atoms with Crippen LogP contribution in [0.3, 0.4) is 0 Å². The lowest BCUT2D eigenvalue weighted by Crippen LogP contribution is -2.37. The van der Waals surface area contributed by atoms with Gasteiger partial charge in [0.1, 0.15) is 6.04 Å². The van der Waals surface area contributed by atoms with Gasteiger partial charge in [0, 0.05) is 6.04 Å². The van der Waals surface area contributed by atoms with Gasteiger partial charge in [0.2, 0.25) is 0 Å². The summed E-state index contributed by atoms with van der Waals surface area (Å²) >= 11 is 0. The maximum atomic E-state index is 11.1. The van der Waals surface area contributed by atoms with Crippen molar-refractivity contribution in [3.8, 4) is 0 Å². The maximum absolute atomic E-state index is 11.1. The van der Waals surface area contributed by atoms with Crippen LogP contribution in [0.25, 0.3) is 10.8 Å². The van der Waals surface area contributed by atoms with Crippen LogP contribution in [0.5, 0.6) is 0 Å². The van der Waals surface area contributed by atoms with Crippen LogP contribution < -0.4 is 5.32 Å². The largest absolute Gasteiger partial charge is 0.480 e. The first-order chi connectivity index (χ1) is 9.13. The second-order valence-corrected chi connectivity index (χ2v) is 4.76. The predicted octanol–water partition coefficient (Wildman–Crippen LogP) is 3.35. The molecule has 0 spiro atoms. The summed E-state index contributed by atoms with van der Waals surface area (Å²) in [6, 6.07) is 13.8. The monoisotopic (exact) mass is 257 g/mol. The van der Waals surface area contributed by atoms with Gasteiger partial charge < -0.3 is 5.11 Å². The van der Waals surface area contributed by atoms with Crippen LogP contribution in [0.15, 0.2) is 42.5 Å². The highest BCUT2D eigenvalue weighted by atomic mass is 16.4. The zero-order chi connectivity index (χ0) is 13.8. The van der Waals surface area contributed by atoms with Crippen LogP contribution in [-0.2, 0) is 4.79 Å². The lowest BCUT2D eigenvalue weighted by molar-refractivity contribution is -0.139. The van der Waals surface area contributed by atoms with Gasteiger partial charge in [-0.2, -0.15) is 0 Å². The first-order valence-electron chi connectivity index (χ1n) is 6.60. The van der Waals surface area contributed by atoms with Gasteiger partial charge in [-0.1, -0.05) is 49.4 Å². The molecule has 2 atom stereocenters. The van der Waals surface area contributed by atoms with E-state index in [2.05, 4.69) is 29.6 Å². The number of carboxylic acids is 1. The lowest BCUT2D eigenvalue weighted by atomic mass is 9.99. The lowest BCUT2D eigenvalue weighted by Gasteiger charge is -2.20. The quantitative estimate of drug-likeness (QED) is 0.863. The van der Waals surface area contributed by atoms with Gasteiger partial charge in [-0.05, 0) is 29.7 Å². The van der Waals surface area contributed by atoms with Crippen molar-refractivity contribution in [2.45, 2.75) is 32.4 Å². The zero-order valence-electron chi connectivity index (χ0n) is 11.3. The molecule has 2 N–H and O–H groups in total. The molecule has 3 nitrogen and oxygen atoms in total. The highest BCUT2D eigenvalue weighted by Crippen LogP contribution is 2.24. The highest BCUT2D eigenvalue weighted by Gasteiger charge is 2.18. The van der Waals surface area contributed by atoms with Crippen molar-refractivity contribution in [1.29, 1.82) is 0 Å². The molecule has 2 aromatic rings. The van der Waals surface area contributed by atoms with E-state index in [-0.39, 0.29) is 6.04 Å². The van der Waals surface area contributed by atoms with Gasteiger partial charge in [-0.25, -0.2) is 0 Å². The van der Waals surface area contributed by atoms with Crippen molar-refractivity contribution in [3.63, 3.8) is 0 Å². The van der Waals surface area contributed by atoms with Gasteiger partial charge >= 0.3 is 5.97 Å². The highest BCUT2D eigenvalue weighted by molar-refractivity contribution is 5.86. The van der Waals surface area contributed by atoms with E-state index in [1.807, 2.05) is 32.0 Å². The summed E-state index contributed by atoms with van der Waals surface area (Å²) in [5.41, 5.74) is 1.14. The topological polar surface area (TPSA) is 49.3 Å². The average Bonchev–Trinajstić information content (AvgIpc) is 2.43. The van der Waals surface area contributed by atoms with E-state index in [1.165, 1.54) is 10.8 Å². The Hall–Kier alpha value is -1.87. The summed E-state index contributed by atoms with van der Waals surface area (Å²) in [5, 5.41) is 14.6. The molecule has 0 amide bonds. The summed E-state index contributed by atoms with van der Waals surface area (Å²) in [6.07, 6.45) is 0.574. The molecular weight excluding hydrogens is 238 g/mol. The fourth-order valence-electron chi connectivity index (χ4n) is 2.38. The summed E-state index contributed by atoms with van der Waals surface area (Å²) in [7, 11) is 0. The number of hydrogen-bond donors (Lipinski definition) is 2. The SMILES string of the molecule is CCC(NC(C)c1cccc2ccccc12)C(=O)O. The summed E-state index contributed by atoms with van der Waals surface area (Å²) in [6.45, 7) is 3.88. The van der Waals surface area contributed by atoms with Crippen molar-refractivity contribution < 1.29 is 9.90 Å². The second-order valence-electron chi connectivity index (χ2n) is 4.76. The van der Waals surface area contributed by atoms with E-state index in [9.17, 15) is 4.79 Å². The van der Waals surface area contributed by atoms with Crippen molar-refractivity contribution in [3.05, 3.63) is 48.0 Å². The van der Waals surface area contributed by atoms with E-state index in [1.54, 1.807) is 0 Å². The Morgan fingerprint density at radius 1 is 1.21 bits per heavy atom. The van der Waals surface area contributed by atoms with Crippen molar-refractivity contribution in [1.82, 2.24) is 5.32 Å². The van der Waals surface area contributed by atoms with Crippen molar-refractivity contribution in [2.24, 2.45) is 0 Å². The van der Waals surface area contributed by atoms with Crippen LogP contribution in [-0.4, -0.2) is 17.1 Å². The van der Waals surface area contributed by atoms with Gasteiger partial charge in [-0.3, -0.25) is 10.1 Å². The molecule has 2 unspecified atom stereocenters. The maximum Gasteiger partial charge on any atom is 0.320 e. The minimum Gasteiger partial charge on any atom is -0.480 e. The Balaban J connectivity index is 2.31. The molecular formula is C16H19NO2. The van der Waals surface area contributed by atoms with Crippen molar-refractivity contribution in [2.75, 3.05) is 0 Å². The third-order valence-corrected chi connectivity index (χ3v) is 3.45. The molecule has 0 saturated carbocycles. The van der Waals surface area contributed by atoms with Crippen LogP contribution >= 0.6 is 0 Å². The smallest absolute Gasteiger partial charge is 0.320 e. The third-order valence-electron chi connectivity index (χ3n) is 3.45. The fourth-order valence-corrected chi connectivity index (χ4v) is 2.38. The molecule has 0 radical (unpaired) electrons. The summed E-state index contributed by atoms with van der Waals surface area (Å²) in [5.74, 6) is -0.797. The minimum atomic E-state index is -0.797. The van der Waals surface area contributed by atoms with Gasteiger partial charge in [0.15, 0.2) is 0 Å². The predicted molar refractivity (Wildman–Crippen MR) is 77.2 cm³/mol. The van der Waals surface area contributed by atoms with Gasteiger partial charge in [-0.15, -0.1) is 0 Å². The van der Waals surface area contributed by atoms with E-state index in [0.717, 1.165) is 5.56 Å². The number of benzene rings is 2. The molecule has 2 rings (SSSR count). The Morgan fingerprint density at radius 3 is 2.58 bits per heavy atom. The van der Waals surface area contributed by atoms with Gasteiger partial charge in [0.25, 0.3) is 0 Å². The molecule has 19 heavy (non-hydrogen) atoms. The first-order valence-corrected chi connectivity index (χ1v) is 6.60. The molecule has 0 fully saturated rings. The number of nitrogens with one attached hydrogen (secondary N) is 1. The molecule has 0 aliphatic carbocycles. The van der Waals surface area contributed by atoms with E-state index < -0.39 is 12.0 Å². The summed E-state index contributed by atoms with van der Waals surface area (Å²) in [4.78, 5) is 11.1. The Kier molecular flexibility index (Phi) is 4.17. The second kappa shape index (κ2) is 5.85. The molecule has 2 aromatic carbocycles. The van der Waals surface area contributed by atoms with Crippen LogP contribution in [0.4, 0.5) is 0 Å². The Morgan fingerprint density at radius 2 is 1.89 bits per heavy atom. The number of hydrogen-bond acceptors (Lipinski definition) is 2. The molecule has 0 aromatic heterocycles. The van der Waals surface area contributed by atoms with E-state index >= 15 is 0 Å². The van der Waals surface area contributed by atoms with Crippen LogP contribution in [0.1, 0.15) is 31.9 Å². The molecule has 0 saturated heterocycles. The van der Waals surface area contributed by atoms with Crippen molar-refractivity contribution >= 4 is 16.7 Å². The number of fused-ring (bicyclic) bond motifs is 1. The van der Waals surface area contributed by atoms with Crippen LogP contribution in [0.2, 0.25) is 0 Å². The number of carboxylic acid groups (broad SMARTS) is 1. The molecule has 100 valence electrons. The number of aliphatic carboxylic acids is 1.